The number of fused-ring (bicyclic) bond motifs is 7. The molecule has 0 spiro atoms. The molecule has 13 N–H and O–H groups in total. The highest BCUT2D eigenvalue weighted by molar-refractivity contribution is 5.18. The lowest BCUT2D eigenvalue weighted by Gasteiger charge is -2.62. The highest BCUT2D eigenvalue weighted by Crippen LogP contribution is 2.71. The first kappa shape index (κ1) is 50.3. The standard InChI is InChI=1S/C45H74O20/c1-18(17-59-40-37(56)34(53)31(50)26(14-46)61-40)7-10-45(58)19(2)30-25(65-45)12-24-22-6-5-20-11-21(8-9-43(20,3)23(22)13-29(49)44(24,30)4)60-42-39(36(55)33(52)28(16-48)63-42)64-41-38(57)35(54)32(51)27(15-47)62-41/h19-42,46-58H,1,5-17H2,2-4H3/t19?,20-,21?,22?,23?,24?,25?,26-,27-,28-,29-,30?,31-,32-,33+,34-,35-,36-,37-,38-,39-,40-,41+,42-,43+,44-,45?/m1/s1. The molecule has 4 aliphatic heterocycles. The van der Waals surface area contributed by atoms with E-state index in [4.69, 9.17) is 33.2 Å². The van der Waals surface area contributed by atoms with Gasteiger partial charge in [0.15, 0.2) is 24.7 Å². The van der Waals surface area contributed by atoms with Crippen LogP contribution in [0.4, 0.5) is 0 Å². The van der Waals surface area contributed by atoms with Crippen molar-refractivity contribution < 1.29 is 99.5 Å². The largest absolute Gasteiger partial charge is 0.394 e. The minimum absolute atomic E-state index is 0.0690. The van der Waals surface area contributed by atoms with Gasteiger partial charge >= 0.3 is 0 Å². The molecule has 8 fully saturated rings. The third kappa shape index (κ3) is 8.70. The molecule has 8 aliphatic rings. The second-order valence-electron chi connectivity index (χ2n) is 21.1. The van der Waals surface area contributed by atoms with Crippen LogP contribution in [0.1, 0.15) is 78.6 Å². The van der Waals surface area contributed by atoms with Gasteiger partial charge in [0.2, 0.25) is 0 Å². The molecule has 27 atom stereocenters. The fourth-order valence-electron chi connectivity index (χ4n) is 13.9. The summed E-state index contributed by atoms with van der Waals surface area (Å²) in [5, 5.41) is 137. The highest BCUT2D eigenvalue weighted by atomic mass is 16.8. The van der Waals surface area contributed by atoms with Gasteiger partial charge in [0, 0.05) is 23.7 Å². The molecule has 4 heterocycles. The zero-order valence-corrected chi connectivity index (χ0v) is 37.4. The minimum atomic E-state index is -1.78. The summed E-state index contributed by atoms with van der Waals surface area (Å²) in [5.41, 5.74) is -0.0705. The van der Waals surface area contributed by atoms with E-state index in [2.05, 4.69) is 20.4 Å². The van der Waals surface area contributed by atoms with Gasteiger partial charge < -0.3 is 99.5 Å². The first-order valence-corrected chi connectivity index (χ1v) is 23.6. The maximum atomic E-state index is 12.3. The molecule has 0 aromatic carbocycles. The van der Waals surface area contributed by atoms with E-state index in [1.165, 1.54) is 0 Å². The first-order chi connectivity index (χ1) is 30.7. The van der Waals surface area contributed by atoms with Crippen LogP contribution in [0.3, 0.4) is 0 Å². The van der Waals surface area contributed by atoms with Crippen molar-refractivity contribution in [1.29, 1.82) is 0 Å². The SMILES string of the molecule is C=C(CCC1(O)OC2CC3C4CC[C@@H]5CC(O[C@@H]6O[C@H](CO)[C@H](O)[C@@H](O)[C@H]6O[C@@H]6O[C@H](CO)[C@@H](O)[C@@H](O)[C@H]6O)CC[C@]5(C)C4C[C@@H](O)[C@]3(C)C2C1C)CO[C@@H]1O[C@H](CO)[C@@H](O)[C@@H](O)[C@H]1O. The average Bonchev–Trinajstić information content (AvgIpc) is 3.73. The van der Waals surface area contributed by atoms with Crippen molar-refractivity contribution in [3.05, 3.63) is 12.2 Å². The van der Waals surface area contributed by atoms with Crippen LogP contribution in [0.25, 0.3) is 0 Å². The number of aliphatic hydroxyl groups is 13. The van der Waals surface area contributed by atoms with E-state index in [1.807, 2.05) is 6.92 Å². The van der Waals surface area contributed by atoms with Crippen LogP contribution < -0.4 is 0 Å². The molecule has 4 saturated heterocycles. The molecule has 0 aromatic heterocycles. The maximum Gasteiger partial charge on any atom is 0.187 e. The predicted octanol–water partition coefficient (Wildman–Crippen LogP) is -2.89. The van der Waals surface area contributed by atoms with Crippen LogP contribution >= 0.6 is 0 Å². The second kappa shape index (κ2) is 19.3. The predicted molar refractivity (Wildman–Crippen MR) is 220 cm³/mol. The van der Waals surface area contributed by atoms with Crippen molar-refractivity contribution >= 4 is 0 Å². The molecule has 374 valence electrons. The summed E-state index contributed by atoms with van der Waals surface area (Å²) in [7, 11) is 0. The average molecular weight is 935 g/mol. The van der Waals surface area contributed by atoms with Crippen molar-refractivity contribution in [3.8, 4) is 0 Å². The Morgan fingerprint density at radius 3 is 1.88 bits per heavy atom. The molecule has 0 aromatic rings. The Morgan fingerprint density at radius 2 is 1.25 bits per heavy atom. The van der Waals surface area contributed by atoms with E-state index in [9.17, 15) is 66.4 Å². The third-order valence-corrected chi connectivity index (χ3v) is 17.8. The lowest BCUT2D eigenvalue weighted by molar-refractivity contribution is -0.373. The van der Waals surface area contributed by atoms with E-state index in [0.29, 0.717) is 43.6 Å². The van der Waals surface area contributed by atoms with Gasteiger partial charge in [-0.25, -0.2) is 0 Å². The quantitative estimate of drug-likeness (QED) is 0.0651. The summed E-state index contributed by atoms with van der Waals surface area (Å²) in [6.07, 6.45) is -18.0. The monoisotopic (exact) mass is 934 g/mol. The summed E-state index contributed by atoms with van der Waals surface area (Å²) < 4.78 is 41.6. The molecular formula is C45H74O20. The summed E-state index contributed by atoms with van der Waals surface area (Å²) in [6, 6.07) is 0. The lowest BCUT2D eigenvalue weighted by atomic mass is 9.43. The van der Waals surface area contributed by atoms with Crippen molar-refractivity contribution in [2.24, 2.45) is 46.3 Å². The van der Waals surface area contributed by atoms with Crippen LogP contribution in [-0.4, -0.2) is 209 Å². The molecule has 8 unspecified atom stereocenters. The van der Waals surface area contributed by atoms with Gasteiger partial charge in [0.05, 0.1) is 44.7 Å². The maximum absolute atomic E-state index is 12.3. The lowest BCUT2D eigenvalue weighted by Crippen LogP contribution is -2.65. The van der Waals surface area contributed by atoms with E-state index in [-0.39, 0.29) is 60.2 Å². The summed E-state index contributed by atoms with van der Waals surface area (Å²) in [6.45, 7) is 8.57. The molecule has 0 radical (unpaired) electrons. The summed E-state index contributed by atoms with van der Waals surface area (Å²) in [5.74, 6) is -1.02. The van der Waals surface area contributed by atoms with Crippen LogP contribution in [0.5, 0.6) is 0 Å². The first-order valence-electron chi connectivity index (χ1n) is 23.6. The molecule has 8 rings (SSSR count). The molecule has 65 heavy (non-hydrogen) atoms. The molecular weight excluding hydrogens is 860 g/mol. The number of rotatable bonds is 13. The van der Waals surface area contributed by atoms with Crippen LogP contribution in [0.2, 0.25) is 0 Å². The Labute approximate surface area is 378 Å². The molecule has 4 saturated carbocycles. The Balaban J connectivity index is 0.887. The molecule has 20 nitrogen and oxygen atoms in total. The number of ether oxygens (including phenoxy) is 7. The van der Waals surface area contributed by atoms with Crippen LogP contribution in [-0.2, 0) is 33.2 Å². The third-order valence-electron chi connectivity index (χ3n) is 17.8. The Kier molecular flexibility index (Phi) is 14.9. The number of hydrogen-bond donors (Lipinski definition) is 13. The zero-order chi connectivity index (χ0) is 47.1. The smallest absolute Gasteiger partial charge is 0.187 e. The molecule has 0 bridgehead atoms. The van der Waals surface area contributed by atoms with Crippen molar-refractivity contribution in [3.63, 3.8) is 0 Å². The topological polar surface area (TPSA) is 328 Å². The van der Waals surface area contributed by atoms with E-state index >= 15 is 0 Å². The summed E-state index contributed by atoms with van der Waals surface area (Å²) >= 11 is 0. The van der Waals surface area contributed by atoms with Gasteiger partial charge in [-0.1, -0.05) is 32.9 Å². The normalized spacial score (nSPS) is 55.5. The van der Waals surface area contributed by atoms with Crippen LogP contribution in [0.15, 0.2) is 12.2 Å². The molecule has 0 amide bonds. The molecule has 20 heteroatoms. The highest BCUT2D eigenvalue weighted by Gasteiger charge is 2.71. The number of hydrogen-bond acceptors (Lipinski definition) is 20. The van der Waals surface area contributed by atoms with Crippen LogP contribution in [0, 0.1) is 46.3 Å². The van der Waals surface area contributed by atoms with E-state index < -0.39 is 129 Å². The molecule has 4 aliphatic carbocycles. The fourth-order valence-corrected chi connectivity index (χ4v) is 13.9. The van der Waals surface area contributed by atoms with Gasteiger partial charge in [-0.2, -0.15) is 0 Å². The fraction of sp³-hybridized carbons (Fsp3) is 0.956. The van der Waals surface area contributed by atoms with Gasteiger partial charge in [0.25, 0.3) is 0 Å². The van der Waals surface area contributed by atoms with Crippen molar-refractivity contribution in [2.75, 3.05) is 26.4 Å². The Morgan fingerprint density at radius 1 is 0.662 bits per heavy atom. The number of aliphatic hydroxyl groups excluding tert-OH is 12. The van der Waals surface area contributed by atoms with Gasteiger partial charge in [0.1, 0.15) is 73.2 Å². The van der Waals surface area contributed by atoms with Gasteiger partial charge in [-0.3, -0.25) is 0 Å². The van der Waals surface area contributed by atoms with Gasteiger partial charge in [-0.05, 0) is 80.5 Å². The second-order valence-corrected chi connectivity index (χ2v) is 21.1. The van der Waals surface area contributed by atoms with E-state index in [0.717, 1.165) is 19.3 Å². The van der Waals surface area contributed by atoms with Crippen molar-refractivity contribution in [1.82, 2.24) is 0 Å². The Bertz CT molecular complexity index is 1640. The van der Waals surface area contributed by atoms with Gasteiger partial charge in [-0.15, -0.1) is 0 Å². The van der Waals surface area contributed by atoms with Crippen molar-refractivity contribution in [2.45, 2.75) is 195 Å². The zero-order valence-electron chi connectivity index (χ0n) is 37.4. The summed E-state index contributed by atoms with van der Waals surface area (Å²) in [4.78, 5) is 0. The van der Waals surface area contributed by atoms with E-state index in [1.54, 1.807) is 0 Å². The Hall–Kier alpha value is -1.06. The minimum Gasteiger partial charge on any atom is -0.394 e.